The van der Waals surface area contributed by atoms with Crippen LogP contribution in [0.25, 0.3) is 0 Å². The second-order valence-electron chi connectivity index (χ2n) is 15.4. The van der Waals surface area contributed by atoms with Crippen LogP contribution in [0.4, 0.5) is 11.4 Å². The summed E-state index contributed by atoms with van der Waals surface area (Å²) in [4.78, 5) is 45.6. The number of piperidine rings is 1. The van der Waals surface area contributed by atoms with Crippen LogP contribution >= 0.6 is 0 Å². The van der Waals surface area contributed by atoms with E-state index in [0.29, 0.717) is 19.6 Å². The summed E-state index contributed by atoms with van der Waals surface area (Å²) in [7, 11) is -2.69. The molecule has 1 spiro atoms. The van der Waals surface area contributed by atoms with Crippen molar-refractivity contribution >= 4 is 31.5 Å². The fourth-order valence-electron chi connectivity index (χ4n) is 9.30. The molecule has 3 aromatic rings. The van der Waals surface area contributed by atoms with E-state index in [9.17, 15) is 19.5 Å². The number of ether oxygens (including phenoxy) is 1. The molecule has 3 fully saturated rings. The van der Waals surface area contributed by atoms with Crippen molar-refractivity contribution in [1.29, 1.82) is 0 Å². The molecule has 10 heteroatoms. The van der Waals surface area contributed by atoms with E-state index in [2.05, 4.69) is 53.5 Å². The zero-order valence-corrected chi connectivity index (χ0v) is 30.6. The Bertz CT molecular complexity index is 1680. The number of aliphatic hydroxyl groups is 1. The number of nitrogens with one attached hydrogen (secondary N) is 1. The lowest BCUT2D eigenvalue weighted by Gasteiger charge is -2.39. The third-order valence-electron chi connectivity index (χ3n) is 11.9. The van der Waals surface area contributed by atoms with Crippen LogP contribution in [-0.4, -0.2) is 85.1 Å². The van der Waals surface area contributed by atoms with Crippen LogP contribution in [0.15, 0.2) is 78.9 Å². The number of benzene rings is 3. The normalized spacial score (nSPS) is 26.5. The highest BCUT2D eigenvalue weighted by Crippen LogP contribution is 2.46. The predicted molar refractivity (Wildman–Crippen MR) is 198 cm³/mol. The molecule has 5 atom stereocenters. The second-order valence-corrected chi connectivity index (χ2v) is 19.4. The first-order valence-corrected chi connectivity index (χ1v) is 21.4. The zero-order valence-electron chi connectivity index (χ0n) is 29.6. The molecular weight excluding hydrogens is 645 g/mol. The Morgan fingerprint density at radius 1 is 0.960 bits per heavy atom. The summed E-state index contributed by atoms with van der Waals surface area (Å²) in [6.45, 7) is 8.61. The second kappa shape index (κ2) is 14.2. The number of fused-ring (bicyclic) bond motifs is 1. The molecule has 7 rings (SSSR count). The fourth-order valence-corrected chi connectivity index (χ4v) is 11.9. The molecule has 2 amide bonds. The van der Waals surface area contributed by atoms with E-state index in [0.717, 1.165) is 61.3 Å². The number of para-hydroxylation sites is 1. The fraction of sp³-hybridized carbons (Fsp3) is 0.500. The highest BCUT2D eigenvalue weighted by Gasteiger charge is 2.53. The zero-order chi connectivity index (χ0) is 35.0. The number of amides is 2. The smallest absolute Gasteiger partial charge is 0.254 e. The van der Waals surface area contributed by atoms with Crippen molar-refractivity contribution in [3.63, 3.8) is 0 Å². The molecule has 4 heterocycles. The minimum absolute atomic E-state index is 0.0290. The number of hydrogen-bond donors (Lipinski definition) is 3. The number of hydrogen-bond acceptors (Lipinski definition) is 7. The summed E-state index contributed by atoms with van der Waals surface area (Å²) in [6.07, 6.45) is 3.43. The molecule has 0 saturated carbocycles. The van der Waals surface area contributed by atoms with Gasteiger partial charge in [-0.05, 0) is 105 Å². The topological polar surface area (TPSA) is 106 Å². The average Bonchev–Trinajstić information content (AvgIpc) is 3.59. The Hall–Kier alpha value is -3.54. The summed E-state index contributed by atoms with van der Waals surface area (Å²) in [5.74, 6) is 0.232. The Morgan fingerprint density at radius 2 is 1.66 bits per heavy atom. The number of carbonyl (C=O) groups excluding carboxylic acids is 2. The quantitative estimate of drug-likeness (QED) is 0.275. The van der Waals surface area contributed by atoms with Gasteiger partial charge < -0.3 is 29.8 Å². The van der Waals surface area contributed by atoms with Crippen LogP contribution < -0.4 is 15.1 Å². The molecule has 4 aliphatic heterocycles. The van der Waals surface area contributed by atoms with Crippen LogP contribution in [0, 0.1) is 5.92 Å². The molecule has 0 aliphatic carbocycles. The van der Waals surface area contributed by atoms with E-state index in [1.807, 2.05) is 65.4 Å². The molecule has 4 aliphatic rings. The standard InChI is InChI=1S/C40H52N4O5Si/c1-28-35(49-36(38(28)50(2,3)48)24-37(46)42-25-31-12-8-7-11-30(31)23-34(42)26-45)17-16-29-10-9-15-33(22-29)43-27-44(32-13-5-4-6-14-32)40(39(43)47)18-20-41-21-19-40/h4-15,22,28,34-36,38,41,45,48H,16-21,23-27H2,1-3H3/t28-,34+,35+,36-,38+/m1/s1. The molecule has 3 aromatic carbocycles. The SMILES string of the molecule is C[C@H]1[C@H]([Si](C)(C)O)[C@@H](CC(=O)N2Cc3ccccc3C[C@H]2CO)O[C@H]1CCc1cccc(N2CN(c3ccccc3)C3(CCNCC3)C2=O)c1. The van der Waals surface area contributed by atoms with Crippen molar-refractivity contribution in [3.8, 4) is 0 Å². The van der Waals surface area contributed by atoms with Gasteiger partial charge in [-0.3, -0.25) is 14.5 Å². The maximum absolute atomic E-state index is 14.2. The number of nitrogens with zero attached hydrogens (tertiary/aromatic N) is 3. The first-order chi connectivity index (χ1) is 24.1. The van der Waals surface area contributed by atoms with Gasteiger partial charge >= 0.3 is 0 Å². The lowest BCUT2D eigenvalue weighted by molar-refractivity contribution is -0.138. The Balaban J connectivity index is 1.05. The van der Waals surface area contributed by atoms with Gasteiger partial charge in [0, 0.05) is 23.5 Å². The van der Waals surface area contributed by atoms with E-state index < -0.39 is 13.9 Å². The molecule has 0 radical (unpaired) electrons. The van der Waals surface area contributed by atoms with Crippen molar-refractivity contribution in [1.82, 2.24) is 10.2 Å². The number of rotatable bonds is 9. The van der Waals surface area contributed by atoms with Crippen LogP contribution in [-0.2, 0) is 33.7 Å². The number of anilines is 2. The van der Waals surface area contributed by atoms with Gasteiger partial charge in [-0.25, -0.2) is 0 Å². The third kappa shape index (κ3) is 6.64. The maximum Gasteiger partial charge on any atom is 0.254 e. The minimum atomic E-state index is -2.69. The van der Waals surface area contributed by atoms with Crippen molar-refractivity contribution in [2.45, 2.75) is 94.4 Å². The molecule has 0 aromatic heterocycles. The van der Waals surface area contributed by atoms with Crippen molar-refractivity contribution < 1.29 is 24.2 Å². The largest absolute Gasteiger partial charge is 0.432 e. The number of aryl methyl sites for hydroxylation is 1. The van der Waals surface area contributed by atoms with Gasteiger partial charge in [0.1, 0.15) is 5.54 Å². The van der Waals surface area contributed by atoms with Crippen molar-refractivity contribution in [3.05, 3.63) is 95.6 Å². The molecule has 0 bridgehead atoms. The van der Waals surface area contributed by atoms with Crippen LogP contribution in [0.1, 0.15) is 49.3 Å². The summed E-state index contributed by atoms with van der Waals surface area (Å²) >= 11 is 0. The summed E-state index contributed by atoms with van der Waals surface area (Å²) in [5.41, 5.74) is 4.79. The average molecular weight is 697 g/mol. The van der Waals surface area contributed by atoms with Crippen molar-refractivity contribution in [2.24, 2.45) is 5.92 Å². The molecule has 9 nitrogen and oxygen atoms in total. The molecule has 3 N–H and O–H groups in total. The van der Waals surface area contributed by atoms with E-state index in [1.165, 1.54) is 5.56 Å². The van der Waals surface area contributed by atoms with Gasteiger partial charge in [-0.1, -0.05) is 61.5 Å². The van der Waals surface area contributed by atoms with Gasteiger partial charge in [0.2, 0.25) is 5.91 Å². The van der Waals surface area contributed by atoms with Crippen LogP contribution in [0.3, 0.4) is 0 Å². The monoisotopic (exact) mass is 696 g/mol. The molecule has 0 unspecified atom stereocenters. The van der Waals surface area contributed by atoms with E-state index in [-0.39, 0.29) is 54.6 Å². The highest BCUT2D eigenvalue weighted by molar-refractivity contribution is 6.71. The Kier molecular flexibility index (Phi) is 9.93. The minimum Gasteiger partial charge on any atom is -0.432 e. The van der Waals surface area contributed by atoms with Gasteiger partial charge in [0.15, 0.2) is 8.32 Å². The summed E-state index contributed by atoms with van der Waals surface area (Å²) < 4.78 is 6.71. The van der Waals surface area contributed by atoms with E-state index in [4.69, 9.17) is 4.74 Å². The lowest BCUT2D eigenvalue weighted by atomic mass is 9.86. The maximum atomic E-state index is 14.2. The lowest BCUT2D eigenvalue weighted by Crippen LogP contribution is -2.55. The Labute approximate surface area is 297 Å². The number of aliphatic hydroxyl groups excluding tert-OH is 1. The molecular formula is C40H52N4O5Si. The molecule has 3 saturated heterocycles. The molecule has 266 valence electrons. The highest BCUT2D eigenvalue weighted by atomic mass is 28.4. The van der Waals surface area contributed by atoms with Crippen molar-refractivity contribution in [2.75, 3.05) is 36.2 Å². The van der Waals surface area contributed by atoms with E-state index in [1.54, 1.807) is 0 Å². The summed E-state index contributed by atoms with van der Waals surface area (Å²) in [6, 6.07) is 26.5. The predicted octanol–water partition coefficient (Wildman–Crippen LogP) is 4.86. The van der Waals surface area contributed by atoms with Crippen LogP contribution in [0.2, 0.25) is 18.6 Å². The van der Waals surface area contributed by atoms with Gasteiger partial charge in [0.05, 0.1) is 37.9 Å². The third-order valence-corrected chi connectivity index (χ3v) is 14.4. The van der Waals surface area contributed by atoms with Gasteiger partial charge in [-0.15, -0.1) is 0 Å². The van der Waals surface area contributed by atoms with Gasteiger partial charge in [0.25, 0.3) is 5.91 Å². The van der Waals surface area contributed by atoms with Crippen LogP contribution in [0.5, 0.6) is 0 Å². The summed E-state index contributed by atoms with van der Waals surface area (Å²) in [5, 5.41) is 13.6. The number of carbonyl (C=O) groups is 2. The first kappa shape index (κ1) is 34.9. The van der Waals surface area contributed by atoms with Gasteiger partial charge in [-0.2, -0.15) is 0 Å². The molecule has 50 heavy (non-hydrogen) atoms. The Morgan fingerprint density at radius 3 is 2.38 bits per heavy atom. The van der Waals surface area contributed by atoms with E-state index >= 15 is 0 Å². The first-order valence-electron chi connectivity index (χ1n) is 18.4.